The molecule has 0 spiro atoms. The molecule has 186 valence electrons. The number of nitrogens with one attached hydrogen (secondary N) is 3. The van der Waals surface area contributed by atoms with Crippen molar-refractivity contribution < 1.29 is 18.8 Å². The Bertz CT molecular complexity index is 1020. The van der Waals surface area contributed by atoms with Crippen molar-refractivity contribution in [3.8, 4) is 0 Å². The number of likely N-dealkylation sites (tertiary alicyclic amines) is 1. The Hall–Kier alpha value is -2.97. The van der Waals surface area contributed by atoms with Crippen LogP contribution < -0.4 is 10.6 Å². The minimum atomic E-state index is -0.996. The Kier molecular flexibility index (Phi) is 8.63. The van der Waals surface area contributed by atoms with Gasteiger partial charge in [-0.25, -0.2) is 9.37 Å². The number of amides is 3. The molecule has 2 aromatic rings. The Morgan fingerprint density at radius 1 is 1.21 bits per heavy atom. The Morgan fingerprint density at radius 2 is 1.97 bits per heavy atom. The second-order valence-corrected chi connectivity index (χ2v) is 9.68. The highest BCUT2D eigenvalue weighted by Crippen LogP contribution is 2.20. The predicted molar refractivity (Wildman–Crippen MR) is 128 cm³/mol. The van der Waals surface area contributed by atoms with Crippen LogP contribution in [0.1, 0.15) is 78.1 Å². The Labute approximate surface area is 200 Å². The van der Waals surface area contributed by atoms with E-state index in [1.54, 1.807) is 24.0 Å². The number of para-hydroxylation sites is 1. The Balaban J connectivity index is 1.71. The number of hydrogen-bond acceptors (Lipinski definition) is 4. The highest BCUT2D eigenvalue weighted by atomic mass is 19.1. The topological polar surface area (TPSA) is 107 Å². The van der Waals surface area contributed by atoms with Crippen molar-refractivity contribution in [3.63, 3.8) is 0 Å². The van der Waals surface area contributed by atoms with Crippen LogP contribution in [-0.4, -0.2) is 51.2 Å². The van der Waals surface area contributed by atoms with Crippen molar-refractivity contribution in [2.45, 2.75) is 84.3 Å². The lowest BCUT2D eigenvalue weighted by Crippen LogP contribution is -2.51. The maximum Gasteiger partial charge on any atom is 0.243 e. The van der Waals surface area contributed by atoms with Crippen LogP contribution in [0.2, 0.25) is 0 Å². The van der Waals surface area contributed by atoms with Gasteiger partial charge in [-0.2, -0.15) is 0 Å². The predicted octanol–water partition coefficient (Wildman–Crippen LogP) is 3.59. The molecule has 1 aliphatic rings. The fourth-order valence-electron chi connectivity index (χ4n) is 4.26. The summed E-state index contributed by atoms with van der Waals surface area (Å²) in [5, 5.41) is 5.59. The Morgan fingerprint density at radius 3 is 2.65 bits per heavy atom. The van der Waals surface area contributed by atoms with E-state index in [4.69, 9.17) is 0 Å². The summed E-state index contributed by atoms with van der Waals surface area (Å²) < 4.78 is 14.0. The van der Waals surface area contributed by atoms with Crippen LogP contribution in [-0.2, 0) is 14.4 Å². The number of hydrogen-bond donors (Lipinski definition) is 3. The van der Waals surface area contributed by atoms with Crippen LogP contribution >= 0.6 is 0 Å². The first-order valence-electron chi connectivity index (χ1n) is 12.2. The van der Waals surface area contributed by atoms with Crippen molar-refractivity contribution in [3.05, 3.63) is 29.8 Å². The number of carbonyl (C=O) groups excluding carboxylic acids is 3. The number of rotatable bonds is 9. The van der Waals surface area contributed by atoms with Crippen LogP contribution in [0, 0.1) is 11.7 Å². The molecule has 0 radical (unpaired) electrons. The normalized spacial score (nSPS) is 18.1. The van der Waals surface area contributed by atoms with Gasteiger partial charge in [0.25, 0.3) is 0 Å². The standard InChI is InChI=1S/C25H36FN5O3/c1-15(2)11-12-21(32)28-20(14-22(33)31-13-6-5-8-16(31)3)25(34)27-17(4)24-29-19-10-7-9-18(26)23(19)30-24/h7,9-10,15-17,20H,5-6,8,11-14H2,1-4H3,(H,27,34)(H,28,32)(H,29,30)/t16?,17-,20?/m0/s1. The molecule has 0 bridgehead atoms. The lowest BCUT2D eigenvalue weighted by molar-refractivity contribution is -0.138. The molecule has 34 heavy (non-hydrogen) atoms. The van der Waals surface area contributed by atoms with E-state index < -0.39 is 23.8 Å². The lowest BCUT2D eigenvalue weighted by atomic mass is 10.0. The van der Waals surface area contributed by atoms with Crippen molar-refractivity contribution in [2.24, 2.45) is 5.92 Å². The summed E-state index contributed by atoms with van der Waals surface area (Å²) in [6.07, 6.45) is 3.82. The SMILES string of the molecule is CC(C)CCC(=O)NC(CC(=O)N1CCCCC1C)C(=O)N[C@@H](C)c1nc2c(F)cccc2[nH]1. The van der Waals surface area contributed by atoms with Crippen LogP contribution in [0.15, 0.2) is 18.2 Å². The minimum absolute atomic E-state index is 0.106. The summed E-state index contributed by atoms with van der Waals surface area (Å²) in [5.74, 6) is -0.571. The largest absolute Gasteiger partial charge is 0.345 e. The molecule has 8 nitrogen and oxygen atoms in total. The minimum Gasteiger partial charge on any atom is -0.345 e. The van der Waals surface area contributed by atoms with Gasteiger partial charge in [0.2, 0.25) is 17.7 Å². The highest BCUT2D eigenvalue weighted by Gasteiger charge is 2.30. The van der Waals surface area contributed by atoms with E-state index in [1.165, 1.54) is 6.07 Å². The fourth-order valence-corrected chi connectivity index (χ4v) is 4.26. The first kappa shape index (κ1) is 25.6. The van der Waals surface area contributed by atoms with Crippen molar-refractivity contribution >= 4 is 28.8 Å². The molecule has 9 heteroatoms. The number of carbonyl (C=O) groups is 3. The van der Waals surface area contributed by atoms with Gasteiger partial charge in [0.15, 0.2) is 5.82 Å². The zero-order chi connectivity index (χ0) is 24.8. The number of fused-ring (bicyclic) bond motifs is 1. The van der Waals surface area contributed by atoms with Crippen LogP contribution in [0.25, 0.3) is 11.0 Å². The number of benzene rings is 1. The molecule has 1 aromatic heterocycles. The van der Waals surface area contributed by atoms with E-state index in [9.17, 15) is 18.8 Å². The van der Waals surface area contributed by atoms with Gasteiger partial charge in [-0.3, -0.25) is 14.4 Å². The molecule has 3 atom stereocenters. The van der Waals surface area contributed by atoms with Gasteiger partial charge in [0, 0.05) is 19.0 Å². The van der Waals surface area contributed by atoms with E-state index in [0.717, 1.165) is 19.3 Å². The van der Waals surface area contributed by atoms with Crippen LogP contribution in [0.5, 0.6) is 0 Å². The summed E-state index contributed by atoms with van der Waals surface area (Å²) >= 11 is 0. The molecule has 3 amide bonds. The van der Waals surface area contributed by atoms with Gasteiger partial charge in [-0.15, -0.1) is 0 Å². The molecule has 3 rings (SSSR count). The number of halogens is 1. The number of aromatic nitrogens is 2. The summed E-state index contributed by atoms with van der Waals surface area (Å²) in [5.41, 5.74) is 0.732. The number of imidazole rings is 1. The molecule has 3 N–H and O–H groups in total. The molecule has 1 saturated heterocycles. The summed E-state index contributed by atoms with van der Waals surface area (Å²) in [6, 6.07) is 3.17. The molecular formula is C25H36FN5O3. The first-order valence-corrected chi connectivity index (χ1v) is 12.2. The average Bonchev–Trinajstić information content (AvgIpc) is 3.23. The quantitative estimate of drug-likeness (QED) is 0.517. The van der Waals surface area contributed by atoms with E-state index in [-0.39, 0.29) is 36.2 Å². The summed E-state index contributed by atoms with van der Waals surface area (Å²) in [6.45, 7) is 8.44. The molecule has 0 saturated carbocycles. The number of nitrogens with zero attached hydrogens (tertiary/aromatic N) is 2. The fraction of sp³-hybridized carbons (Fsp3) is 0.600. The zero-order valence-corrected chi connectivity index (χ0v) is 20.5. The van der Waals surface area contributed by atoms with E-state index >= 15 is 0 Å². The third-order valence-corrected chi connectivity index (χ3v) is 6.35. The van der Waals surface area contributed by atoms with Crippen molar-refractivity contribution in [1.29, 1.82) is 0 Å². The first-order chi connectivity index (χ1) is 16.2. The van der Waals surface area contributed by atoms with Gasteiger partial charge < -0.3 is 20.5 Å². The maximum absolute atomic E-state index is 14.0. The van der Waals surface area contributed by atoms with E-state index in [1.807, 2.05) is 20.8 Å². The average molecular weight is 474 g/mol. The van der Waals surface area contributed by atoms with Gasteiger partial charge in [-0.1, -0.05) is 19.9 Å². The molecule has 2 heterocycles. The van der Waals surface area contributed by atoms with E-state index in [0.29, 0.717) is 30.2 Å². The molecule has 1 aromatic carbocycles. The van der Waals surface area contributed by atoms with Gasteiger partial charge in [0.1, 0.15) is 17.4 Å². The molecular weight excluding hydrogens is 437 g/mol. The second kappa shape index (κ2) is 11.4. The molecule has 1 aliphatic heterocycles. The summed E-state index contributed by atoms with van der Waals surface area (Å²) in [4.78, 5) is 47.8. The lowest BCUT2D eigenvalue weighted by Gasteiger charge is -2.34. The monoisotopic (exact) mass is 473 g/mol. The van der Waals surface area contributed by atoms with Crippen LogP contribution in [0.4, 0.5) is 4.39 Å². The number of H-pyrrole nitrogens is 1. The number of piperidine rings is 1. The smallest absolute Gasteiger partial charge is 0.243 e. The van der Waals surface area contributed by atoms with Crippen molar-refractivity contribution in [1.82, 2.24) is 25.5 Å². The number of aromatic amines is 1. The molecule has 1 fully saturated rings. The van der Waals surface area contributed by atoms with Gasteiger partial charge in [0.05, 0.1) is 18.0 Å². The third kappa shape index (κ3) is 6.55. The molecule has 2 unspecified atom stereocenters. The van der Waals surface area contributed by atoms with Gasteiger partial charge in [-0.05, 0) is 57.6 Å². The summed E-state index contributed by atoms with van der Waals surface area (Å²) in [7, 11) is 0. The molecule has 0 aliphatic carbocycles. The third-order valence-electron chi connectivity index (χ3n) is 6.35. The van der Waals surface area contributed by atoms with Gasteiger partial charge >= 0.3 is 0 Å². The zero-order valence-electron chi connectivity index (χ0n) is 20.5. The maximum atomic E-state index is 14.0. The second-order valence-electron chi connectivity index (χ2n) is 9.68. The van der Waals surface area contributed by atoms with Crippen LogP contribution in [0.3, 0.4) is 0 Å². The highest BCUT2D eigenvalue weighted by molar-refractivity contribution is 5.92. The van der Waals surface area contributed by atoms with Crippen molar-refractivity contribution in [2.75, 3.05) is 6.54 Å². The van der Waals surface area contributed by atoms with E-state index in [2.05, 4.69) is 20.6 Å².